The van der Waals surface area contributed by atoms with E-state index in [0.717, 1.165) is 26.9 Å². The fraction of sp³-hybridized carbons (Fsp3) is 0.167. The van der Waals surface area contributed by atoms with Crippen LogP contribution >= 0.6 is 11.6 Å². The van der Waals surface area contributed by atoms with Crippen molar-refractivity contribution in [2.75, 3.05) is 0 Å². The molecule has 0 spiro atoms. The van der Waals surface area contributed by atoms with Crippen molar-refractivity contribution in [1.29, 1.82) is 0 Å². The SMILES string of the molecule is Cc1cc2c(Cl)cccc2cc1C(N)N. The highest BCUT2D eigenvalue weighted by molar-refractivity contribution is 6.35. The second-order valence-corrected chi connectivity index (χ2v) is 4.10. The van der Waals surface area contributed by atoms with Crippen LogP contribution in [-0.2, 0) is 0 Å². The average Bonchev–Trinajstić information content (AvgIpc) is 2.18. The summed E-state index contributed by atoms with van der Waals surface area (Å²) in [5.74, 6) is 0. The maximum absolute atomic E-state index is 6.10. The van der Waals surface area contributed by atoms with Crippen LogP contribution < -0.4 is 11.5 Å². The Morgan fingerprint density at radius 2 is 1.93 bits per heavy atom. The minimum atomic E-state index is -0.437. The fourth-order valence-corrected chi connectivity index (χ4v) is 2.01. The van der Waals surface area contributed by atoms with Gasteiger partial charge in [-0.05, 0) is 41.6 Å². The summed E-state index contributed by atoms with van der Waals surface area (Å²) in [5, 5.41) is 2.87. The molecule has 0 amide bonds. The van der Waals surface area contributed by atoms with Gasteiger partial charge in [-0.15, -0.1) is 0 Å². The Bertz CT molecular complexity index is 506. The highest BCUT2D eigenvalue weighted by atomic mass is 35.5. The third kappa shape index (κ3) is 1.84. The van der Waals surface area contributed by atoms with Crippen molar-refractivity contribution in [3.05, 3.63) is 46.5 Å². The van der Waals surface area contributed by atoms with Crippen LogP contribution in [0.1, 0.15) is 17.3 Å². The Kier molecular flexibility index (Phi) is 2.65. The minimum Gasteiger partial charge on any atom is -0.312 e. The van der Waals surface area contributed by atoms with E-state index in [4.69, 9.17) is 23.1 Å². The molecule has 0 heterocycles. The number of halogens is 1. The molecule has 2 nitrogen and oxygen atoms in total. The Hall–Kier alpha value is -1.09. The van der Waals surface area contributed by atoms with Crippen molar-refractivity contribution >= 4 is 22.4 Å². The molecule has 2 aromatic carbocycles. The molecular weight excluding hydrogens is 208 g/mol. The van der Waals surface area contributed by atoms with Gasteiger partial charge in [-0.3, -0.25) is 0 Å². The van der Waals surface area contributed by atoms with Gasteiger partial charge in [0.2, 0.25) is 0 Å². The van der Waals surface area contributed by atoms with Crippen LogP contribution in [0.3, 0.4) is 0 Å². The molecule has 78 valence electrons. The summed E-state index contributed by atoms with van der Waals surface area (Å²) in [6.45, 7) is 1.99. The molecule has 4 N–H and O–H groups in total. The largest absolute Gasteiger partial charge is 0.312 e. The molecule has 0 bridgehead atoms. The Balaban J connectivity index is 2.76. The molecule has 0 fully saturated rings. The zero-order chi connectivity index (χ0) is 11.0. The normalized spacial score (nSPS) is 11.3. The lowest BCUT2D eigenvalue weighted by Crippen LogP contribution is -2.21. The van der Waals surface area contributed by atoms with Crippen LogP contribution in [0, 0.1) is 6.92 Å². The van der Waals surface area contributed by atoms with Crippen LogP contribution in [0.15, 0.2) is 30.3 Å². The summed E-state index contributed by atoms with van der Waals surface area (Å²) in [7, 11) is 0. The zero-order valence-corrected chi connectivity index (χ0v) is 9.25. The first-order valence-corrected chi connectivity index (χ1v) is 5.17. The first kappa shape index (κ1) is 10.4. The summed E-state index contributed by atoms with van der Waals surface area (Å²) in [5.41, 5.74) is 13.4. The second-order valence-electron chi connectivity index (χ2n) is 3.70. The Morgan fingerprint density at radius 3 is 2.60 bits per heavy atom. The van der Waals surface area contributed by atoms with Crippen molar-refractivity contribution in [3.63, 3.8) is 0 Å². The number of hydrogen-bond acceptors (Lipinski definition) is 2. The molecule has 2 rings (SSSR count). The molecule has 0 radical (unpaired) electrons. The minimum absolute atomic E-state index is 0.437. The van der Waals surface area contributed by atoms with Crippen molar-refractivity contribution in [2.45, 2.75) is 13.1 Å². The second kappa shape index (κ2) is 3.81. The first-order valence-electron chi connectivity index (χ1n) is 4.79. The Morgan fingerprint density at radius 1 is 1.20 bits per heavy atom. The fourth-order valence-electron chi connectivity index (χ4n) is 1.77. The lowest BCUT2D eigenvalue weighted by atomic mass is 10.0. The predicted molar refractivity (Wildman–Crippen MR) is 64.8 cm³/mol. The van der Waals surface area contributed by atoms with Crippen LogP contribution in [0.4, 0.5) is 0 Å². The predicted octanol–water partition coefficient (Wildman–Crippen LogP) is 2.72. The van der Waals surface area contributed by atoms with Crippen LogP contribution in [-0.4, -0.2) is 0 Å². The van der Waals surface area contributed by atoms with Crippen molar-refractivity contribution < 1.29 is 0 Å². The van der Waals surface area contributed by atoms with E-state index in [0.29, 0.717) is 0 Å². The van der Waals surface area contributed by atoms with Gasteiger partial charge in [0.15, 0.2) is 0 Å². The van der Waals surface area contributed by atoms with Crippen molar-refractivity contribution in [3.8, 4) is 0 Å². The molecule has 15 heavy (non-hydrogen) atoms. The van der Waals surface area contributed by atoms with Gasteiger partial charge < -0.3 is 11.5 Å². The van der Waals surface area contributed by atoms with E-state index < -0.39 is 6.17 Å². The van der Waals surface area contributed by atoms with E-state index >= 15 is 0 Å². The molecule has 3 heteroatoms. The molecule has 2 aromatic rings. The first-order chi connectivity index (χ1) is 7.09. The summed E-state index contributed by atoms with van der Waals surface area (Å²) in [6, 6.07) is 9.84. The summed E-state index contributed by atoms with van der Waals surface area (Å²) < 4.78 is 0. The maximum atomic E-state index is 6.10. The van der Waals surface area contributed by atoms with Gasteiger partial charge in [-0.2, -0.15) is 0 Å². The number of aryl methyl sites for hydroxylation is 1. The van der Waals surface area contributed by atoms with E-state index in [1.807, 2.05) is 37.3 Å². The number of rotatable bonds is 1. The summed E-state index contributed by atoms with van der Waals surface area (Å²) >= 11 is 6.10. The summed E-state index contributed by atoms with van der Waals surface area (Å²) in [4.78, 5) is 0. The maximum Gasteiger partial charge on any atom is 0.0787 e. The van der Waals surface area contributed by atoms with E-state index in [9.17, 15) is 0 Å². The average molecular weight is 221 g/mol. The molecular formula is C12H13ClN2. The van der Waals surface area contributed by atoms with Gasteiger partial charge in [0.05, 0.1) is 6.17 Å². The highest BCUT2D eigenvalue weighted by Crippen LogP contribution is 2.27. The van der Waals surface area contributed by atoms with Gasteiger partial charge in [0.25, 0.3) is 0 Å². The monoisotopic (exact) mass is 220 g/mol. The van der Waals surface area contributed by atoms with Crippen molar-refractivity contribution in [1.82, 2.24) is 0 Å². The van der Waals surface area contributed by atoms with Gasteiger partial charge in [-0.25, -0.2) is 0 Å². The lowest BCUT2D eigenvalue weighted by molar-refractivity contribution is 0.768. The van der Waals surface area contributed by atoms with Gasteiger partial charge in [-0.1, -0.05) is 23.7 Å². The van der Waals surface area contributed by atoms with Crippen LogP contribution in [0.2, 0.25) is 5.02 Å². The van der Waals surface area contributed by atoms with Crippen molar-refractivity contribution in [2.24, 2.45) is 11.5 Å². The molecule has 0 atom stereocenters. The van der Waals surface area contributed by atoms with E-state index in [2.05, 4.69) is 0 Å². The van der Waals surface area contributed by atoms with E-state index in [1.54, 1.807) is 0 Å². The van der Waals surface area contributed by atoms with Crippen LogP contribution in [0.25, 0.3) is 10.8 Å². The molecule has 0 aliphatic heterocycles. The lowest BCUT2D eigenvalue weighted by Gasteiger charge is -2.12. The van der Waals surface area contributed by atoms with Gasteiger partial charge >= 0.3 is 0 Å². The third-order valence-corrected chi connectivity index (χ3v) is 2.90. The number of nitrogens with two attached hydrogens (primary N) is 2. The summed E-state index contributed by atoms with van der Waals surface area (Å²) in [6.07, 6.45) is -0.437. The van der Waals surface area contributed by atoms with E-state index in [1.165, 1.54) is 0 Å². The Labute approximate surface area is 93.8 Å². The smallest absolute Gasteiger partial charge is 0.0787 e. The molecule has 0 saturated carbocycles. The third-order valence-electron chi connectivity index (χ3n) is 2.57. The van der Waals surface area contributed by atoms with Gasteiger partial charge in [0, 0.05) is 10.4 Å². The molecule has 0 saturated heterocycles. The topological polar surface area (TPSA) is 52.0 Å². The zero-order valence-electron chi connectivity index (χ0n) is 8.50. The van der Waals surface area contributed by atoms with E-state index in [-0.39, 0.29) is 0 Å². The molecule has 0 aromatic heterocycles. The standard InChI is InChI=1S/C12H13ClN2/c1-7-5-10-8(3-2-4-11(10)13)6-9(7)12(14)15/h2-6,12H,14-15H2,1H3. The van der Waals surface area contributed by atoms with Gasteiger partial charge in [0.1, 0.15) is 0 Å². The molecule has 0 unspecified atom stereocenters. The number of fused-ring (bicyclic) bond motifs is 1. The highest BCUT2D eigenvalue weighted by Gasteiger charge is 2.07. The molecule has 0 aliphatic carbocycles. The number of benzene rings is 2. The quantitative estimate of drug-likeness (QED) is 0.727. The molecule has 0 aliphatic rings. The van der Waals surface area contributed by atoms with Crippen LogP contribution in [0.5, 0.6) is 0 Å². The number of hydrogen-bond donors (Lipinski definition) is 2.